The van der Waals surface area contributed by atoms with Gasteiger partial charge in [-0.15, -0.1) is 0 Å². The van der Waals surface area contributed by atoms with E-state index < -0.39 is 30.2 Å². The van der Waals surface area contributed by atoms with E-state index in [4.69, 9.17) is 19.7 Å². The first-order valence-corrected chi connectivity index (χ1v) is 12.2. The van der Waals surface area contributed by atoms with E-state index in [1.807, 2.05) is 37.3 Å². The summed E-state index contributed by atoms with van der Waals surface area (Å²) in [6.45, 7) is 4.19. The number of carboxylic acids is 2. The smallest absolute Gasteiger partial charge is 0.481 e. The molecule has 1 saturated heterocycles. The molecule has 0 bridgehead atoms. The number of rotatable bonds is 10. The number of nitrogens with zero attached hydrogens (tertiary/aromatic N) is 1. The number of amides is 1. The van der Waals surface area contributed by atoms with Crippen LogP contribution < -0.4 is 5.32 Å². The highest BCUT2D eigenvalue weighted by Crippen LogP contribution is 2.20. The van der Waals surface area contributed by atoms with Gasteiger partial charge in [-0.2, -0.15) is 13.2 Å². The molecule has 1 heterocycles. The quantitative estimate of drug-likeness (QED) is 0.391. The van der Waals surface area contributed by atoms with Crippen LogP contribution >= 0.6 is 0 Å². The normalized spacial score (nSPS) is 19.1. The lowest BCUT2D eigenvalue weighted by molar-refractivity contribution is -0.192. The summed E-state index contributed by atoms with van der Waals surface area (Å²) in [4.78, 5) is 47.4. The Labute approximate surface area is 214 Å². The molecule has 1 fully saturated rings. The molecule has 1 aliphatic rings. The summed E-state index contributed by atoms with van der Waals surface area (Å²) in [5, 5.41) is 19.4. The topological polar surface area (TPSA) is 133 Å². The Morgan fingerprint density at radius 2 is 1.73 bits per heavy atom. The van der Waals surface area contributed by atoms with Gasteiger partial charge in [0.15, 0.2) is 0 Å². The van der Waals surface area contributed by atoms with E-state index in [1.165, 1.54) is 0 Å². The molecule has 3 N–H and O–H groups in total. The number of halogens is 3. The van der Waals surface area contributed by atoms with Crippen molar-refractivity contribution in [3.8, 4) is 0 Å². The van der Waals surface area contributed by atoms with Gasteiger partial charge in [0.05, 0.1) is 19.1 Å². The predicted octanol–water partition coefficient (Wildman–Crippen LogP) is 3.41. The van der Waals surface area contributed by atoms with Crippen LogP contribution in [0.5, 0.6) is 0 Å². The molecule has 0 aromatic heterocycles. The molecule has 2 rings (SSSR count). The minimum atomic E-state index is -5.08. The van der Waals surface area contributed by atoms with Crippen LogP contribution in [0.25, 0.3) is 0 Å². The molecular formula is C25H35F3N2O7. The van der Waals surface area contributed by atoms with Gasteiger partial charge in [0.25, 0.3) is 0 Å². The van der Waals surface area contributed by atoms with Gasteiger partial charge < -0.3 is 19.8 Å². The van der Waals surface area contributed by atoms with E-state index in [0.29, 0.717) is 19.3 Å². The first kappa shape index (κ1) is 31.9. The number of likely N-dealkylation sites (tertiary alicyclic amines) is 1. The van der Waals surface area contributed by atoms with E-state index in [1.54, 1.807) is 11.8 Å². The van der Waals surface area contributed by atoms with Crippen molar-refractivity contribution in [1.29, 1.82) is 0 Å². The summed E-state index contributed by atoms with van der Waals surface area (Å²) >= 11 is 0. The Kier molecular flexibility index (Phi) is 13.7. The third-order valence-electron chi connectivity index (χ3n) is 5.82. The maximum Gasteiger partial charge on any atom is 0.490 e. The highest BCUT2D eigenvalue weighted by molar-refractivity contribution is 5.84. The fraction of sp³-hybridized carbons (Fsp3) is 0.600. The van der Waals surface area contributed by atoms with Gasteiger partial charge in [-0.05, 0) is 45.1 Å². The second-order valence-electron chi connectivity index (χ2n) is 8.66. The average molecular weight is 533 g/mol. The maximum atomic E-state index is 13.2. The lowest BCUT2D eigenvalue weighted by Crippen LogP contribution is -2.55. The van der Waals surface area contributed by atoms with Gasteiger partial charge in [0, 0.05) is 12.6 Å². The third-order valence-corrected chi connectivity index (χ3v) is 5.82. The van der Waals surface area contributed by atoms with Crippen molar-refractivity contribution in [3.63, 3.8) is 0 Å². The van der Waals surface area contributed by atoms with Crippen LogP contribution in [0, 0.1) is 0 Å². The zero-order valence-corrected chi connectivity index (χ0v) is 21.0. The van der Waals surface area contributed by atoms with E-state index in [0.717, 1.165) is 24.8 Å². The molecule has 12 heteroatoms. The van der Waals surface area contributed by atoms with Gasteiger partial charge in [0.2, 0.25) is 5.91 Å². The van der Waals surface area contributed by atoms with Gasteiger partial charge in [-0.3, -0.25) is 19.7 Å². The zero-order chi connectivity index (χ0) is 28.0. The molecule has 0 aliphatic carbocycles. The largest absolute Gasteiger partial charge is 0.490 e. The summed E-state index contributed by atoms with van der Waals surface area (Å²) < 4.78 is 37.0. The lowest BCUT2D eigenvalue weighted by atomic mass is 9.97. The van der Waals surface area contributed by atoms with Crippen molar-refractivity contribution >= 4 is 23.8 Å². The SMILES string of the molecule is CCOC(=O)C(CCc1ccccc1)NC1CCCCC(C)N(CCC(=O)O)C1=O.O=C(O)C(F)(F)F. The summed E-state index contributed by atoms with van der Waals surface area (Å²) in [6.07, 6.45) is -0.629. The van der Waals surface area contributed by atoms with Crippen molar-refractivity contribution < 1.29 is 47.3 Å². The number of benzene rings is 1. The second kappa shape index (κ2) is 15.9. The predicted molar refractivity (Wildman–Crippen MR) is 128 cm³/mol. The number of carbonyl (C=O) groups excluding carboxylic acids is 2. The Hall–Kier alpha value is -3.15. The van der Waals surface area contributed by atoms with Crippen LogP contribution in [0.1, 0.15) is 57.9 Å². The van der Waals surface area contributed by atoms with Crippen LogP contribution in [-0.4, -0.2) is 76.4 Å². The van der Waals surface area contributed by atoms with Crippen LogP contribution in [0.3, 0.4) is 0 Å². The minimum absolute atomic E-state index is 0.0215. The summed E-state index contributed by atoms with van der Waals surface area (Å²) in [5.74, 6) is -4.16. The first-order chi connectivity index (χ1) is 17.4. The van der Waals surface area contributed by atoms with E-state index >= 15 is 0 Å². The van der Waals surface area contributed by atoms with Crippen molar-refractivity contribution in [1.82, 2.24) is 10.2 Å². The van der Waals surface area contributed by atoms with Gasteiger partial charge in [0.1, 0.15) is 6.04 Å². The van der Waals surface area contributed by atoms with Crippen molar-refractivity contribution in [2.24, 2.45) is 0 Å². The van der Waals surface area contributed by atoms with Crippen LogP contribution in [-0.2, 0) is 30.3 Å². The van der Waals surface area contributed by atoms with Crippen LogP contribution in [0.2, 0.25) is 0 Å². The third kappa shape index (κ3) is 12.1. The summed E-state index contributed by atoms with van der Waals surface area (Å²) in [6, 6.07) is 8.76. The van der Waals surface area contributed by atoms with Crippen molar-refractivity contribution in [3.05, 3.63) is 35.9 Å². The van der Waals surface area contributed by atoms with Crippen LogP contribution in [0.15, 0.2) is 30.3 Å². The molecule has 0 radical (unpaired) electrons. The van der Waals surface area contributed by atoms with Crippen molar-refractivity contribution in [2.45, 2.75) is 83.1 Å². The fourth-order valence-corrected chi connectivity index (χ4v) is 3.90. The number of aliphatic carboxylic acids is 2. The summed E-state index contributed by atoms with van der Waals surface area (Å²) in [7, 11) is 0. The molecule has 3 atom stereocenters. The molecule has 9 nitrogen and oxygen atoms in total. The second-order valence-corrected chi connectivity index (χ2v) is 8.66. The molecule has 1 aliphatic heterocycles. The standard InChI is InChI=1S/C23H34N2O5.C2HF3O2/c1-3-30-23(29)20(14-13-18-10-5-4-6-11-18)24-19-12-8-7-9-17(2)25(22(19)28)16-15-21(26)27;3-2(4,5)1(6)7/h4-6,10-11,17,19-20,24H,3,7-9,12-16H2,1-2H3,(H,26,27);(H,6,7). The number of nitrogens with one attached hydrogen (secondary N) is 1. The molecule has 3 unspecified atom stereocenters. The van der Waals surface area contributed by atoms with Gasteiger partial charge >= 0.3 is 24.1 Å². The monoisotopic (exact) mass is 532 g/mol. The molecule has 208 valence electrons. The van der Waals surface area contributed by atoms with E-state index in [9.17, 15) is 27.6 Å². The first-order valence-electron chi connectivity index (χ1n) is 12.2. The number of hydrogen-bond acceptors (Lipinski definition) is 6. The highest BCUT2D eigenvalue weighted by Gasteiger charge is 2.38. The van der Waals surface area contributed by atoms with Crippen molar-refractivity contribution in [2.75, 3.05) is 13.2 Å². The molecule has 37 heavy (non-hydrogen) atoms. The Balaban J connectivity index is 0.000000856. The number of ether oxygens (including phenoxy) is 1. The fourth-order valence-electron chi connectivity index (χ4n) is 3.90. The number of carbonyl (C=O) groups is 4. The number of esters is 1. The summed E-state index contributed by atoms with van der Waals surface area (Å²) in [5.41, 5.74) is 1.12. The molecule has 1 aromatic carbocycles. The number of aryl methyl sites for hydroxylation is 1. The molecule has 0 saturated carbocycles. The Morgan fingerprint density at radius 1 is 1.14 bits per heavy atom. The molecular weight excluding hydrogens is 497 g/mol. The van der Waals surface area contributed by atoms with E-state index in [-0.39, 0.29) is 37.5 Å². The lowest BCUT2D eigenvalue weighted by Gasteiger charge is -2.36. The molecule has 1 aromatic rings. The zero-order valence-electron chi connectivity index (χ0n) is 21.0. The van der Waals surface area contributed by atoms with Crippen LogP contribution in [0.4, 0.5) is 13.2 Å². The minimum Gasteiger partial charge on any atom is -0.481 e. The highest BCUT2D eigenvalue weighted by atomic mass is 19.4. The average Bonchev–Trinajstić information content (AvgIpc) is 2.82. The molecule has 0 spiro atoms. The maximum absolute atomic E-state index is 13.2. The number of hydrogen-bond donors (Lipinski definition) is 3. The Morgan fingerprint density at radius 3 is 2.27 bits per heavy atom. The van der Waals surface area contributed by atoms with Gasteiger partial charge in [-0.1, -0.05) is 43.2 Å². The molecule has 1 amide bonds. The van der Waals surface area contributed by atoms with E-state index in [2.05, 4.69) is 5.32 Å². The number of carboxylic acid groups (broad SMARTS) is 2. The Bertz CT molecular complexity index is 881. The van der Waals surface area contributed by atoms with Gasteiger partial charge in [-0.25, -0.2) is 4.79 Å². The number of alkyl halides is 3.